The van der Waals surface area contributed by atoms with E-state index in [1.54, 1.807) is 50.3 Å². The van der Waals surface area contributed by atoms with Gasteiger partial charge >= 0.3 is 0 Å². The van der Waals surface area contributed by atoms with Gasteiger partial charge in [-0.2, -0.15) is 15.8 Å². The molecule has 30 heavy (non-hydrogen) atoms. The van der Waals surface area contributed by atoms with E-state index < -0.39 is 11.7 Å². The summed E-state index contributed by atoms with van der Waals surface area (Å²) in [7, 11) is 0. The maximum absolute atomic E-state index is 9.66. The van der Waals surface area contributed by atoms with Gasteiger partial charge in [0, 0.05) is 17.5 Å². The van der Waals surface area contributed by atoms with Gasteiger partial charge in [-0.3, -0.25) is 0 Å². The fourth-order valence-corrected chi connectivity index (χ4v) is 2.94. The Hall–Kier alpha value is -3.83. The number of ether oxygens (including phenoxy) is 1. The second-order valence-electron chi connectivity index (χ2n) is 6.97. The minimum absolute atomic E-state index is 0.00969. The topological polar surface area (TPSA) is 124 Å². The van der Waals surface area contributed by atoms with E-state index in [1.165, 1.54) is 0 Å². The summed E-state index contributed by atoms with van der Waals surface area (Å²) in [5, 5.41) is 46.4. The number of β-amino-alcohol motifs (C(OH)–C–C–N with tert-alkyl or cyclic N) is 1. The van der Waals surface area contributed by atoms with E-state index in [0.29, 0.717) is 5.57 Å². The molecule has 0 aromatic carbocycles. The van der Waals surface area contributed by atoms with Crippen molar-refractivity contribution in [1.29, 1.82) is 15.8 Å². The van der Waals surface area contributed by atoms with Gasteiger partial charge < -0.3 is 19.8 Å². The first kappa shape index (κ1) is 22.5. The summed E-state index contributed by atoms with van der Waals surface area (Å²) >= 11 is 0. The quantitative estimate of drug-likeness (QED) is 0.517. The number of rotatable bonds is 6. The van der Waals surface area contributed by atoms with Crippen molar-refractivity contribution in [2.75, 3.05) is 13.2 Å². The van der Waals surface area contributed by atoms with E-state index >= 15 is 0 Å². The monoisotopic (exact) mass is 402 g/mol. The van der Waals surface area contributed by atoms with Crippen molar-refractivity contribution in [2.45, 2.75) is 25.6 Å². The van der Waals surface area contributed by atoms with Crippen LogP contribution in [0.2, 0.25) is 0 Å². The molecule has 7 heteroatoms. The highest BCUT2D eigenvalue weighted by molar-refractivity contribution is 5.60. The molecule has 1 atom stereocenters. The number of aliphatic hydroxyl groups excluding tert-OH is 2. The molecule has 0 saturated carbocycles. The van der Waals surface area contributed by atoms with E-state index in [4.69, 9.17) is 20.4 Å². The lowest BCUT2D eigenvalue weighted by Crippen LogP contribution is -2.30. The predicted molar refractivity (Wildman–Crippen MR) is 110 cm³/mol. The maximum Gasteiger partial charge on any atom is 0.172 e. The van der Waals surface area contributed by atoms with Crippen molar-refractivity contribution in [3.05, 3.63) is 83.0 Å². The van der Waals surface area contributed by atoms with Crippen LogP contribution in [0.25, 0.3) is 0 Å². The second-order valence-corrected chi connectivity index (χ2v) is 6.97. The lowest BCUT2D eigenvalue weighted by atomic mass is 9.95. The zero-order valence-electron chi connectivity index (χ0n) is 16.8. The summed E-state index contributed by atoms with van der Waals surface area (Å²) in [6.45, 7) is 3.48. The summed E-state index contributed by atoms with van der Waals surface area (Å²) in [5.41, 5.74) is 0.509. The van der Waals surface area contributed by atoms with Gasteiger partial charge in [-0.25, -0.2) is 0 Å². The number of nitriles is 3. The Morgan fingerprint density at radius 1 is 1.20 bits per heavy atom. The van der Waals surface area contributed by atoms with Crippen molar-refractivity contribution in [3.8, 4) is 18.2 Å². The molecule has 0 saturated heterocycles. The molecule has 1 unspecified atom stereocenters. The lowest BCUT2D eigenvalue weighted by molar-refractivity contribution is 0.0787. The summed E-state index contributed by atoms with van der Waals surface area (Å²) < 4.78 is 5.71. The molecule has 0 spiro atoms. The molecule has 0 aliphatic carbocycles. The van der Waals surface area contributed by atoms with Gasteiger partial charge in [0.05, 0.1) is 19.3 Å². The third-order valence-corrected chi connectivity index (χ3v) is 4.41. The van der Waals surface area contributed by atoms with Gasteiger partial charge in [0.1, 0.15) is 29.4 Å². The minimum atomic E-state index is -0.851. The van der Waals surface area contributed by atoms with Gasteiger partial charge in [-0.05, 0) is 32.1 Å². The average molecular weight is 402 g/mol. The molecule has 2 aliphatic heterocycles. The van der Waals surface area contributed by atoms with Crippen LogP contribution < -0.4 is 0 Å². The van der Waals surface area contributed by atoms with Crippen molar-refractivity contribution in [3.63, 3.8) is 0 Å². The largest absolute Gasteiger partial charge is 0.480 e. The fraction of sp³-hybridized carbons (Fsp3) is 0.261. The van der Waals surface area contributed by atoms with Crippen LogP contribution in [0.1, 0.15) is 13.8 Å². The summed E-state index contributed by atoms with van der Waals surface area (Å²) in [6, 6.07) is 5.56. The smallest absolute Gasteiger partial charge is 0.172 e. The Morgan fingerprint density at radius 3 is 2.57 bits per heavy atom. The highest BCUT2D eigenvalue weighted by Gasteiger charge is 2.38. The number of aliphatic hydroxyl groups is 2. The van der Waals surface area contributed by atoms with Gasteiger partial charge in [0.25, 0.3) is 0 Å². The molecule has 7 nitrogen and oxygen atoms in total. The first-order valence-corrected chi connectivity index (χ1v) is 9.22. The molecule has 2 aliphatic rings. The Bertz CT molecular complexity index is 1000. The van der Waals surface area contributed by atoms with Crippen LogP contribution in [0.5, 0.6) is 0 Å². The molecule has 0 aromatic rings. The normalized spacial score (nSPS) is 19.8. The first-order valence-electron chi connectivity index (χ1n) is 9.22. The van der Waals surface area contributed by atoms with E-state index in [-0.39, 0.29) is 30.1 Å². The molecule has 152 valence electrons. The molecule has 0 bridgehead atoms. The molecule has 2 heterocycles. The van der Waals surface area contributed by atoms with E-state index in [2.05, 4.69) is 0 Å². The Kier molecular flexibility index (Phi) is 7.56. The predicted octanol–water partition coefficient (Wildman–Crippen LogP) is 2.65. The average Bonchev–Trinajstić information content (AvgIpc) is 2.99. The number of hydrogen-bond donors (Lipinski definition) is 2. The summed E-state index contributed by atoms with van der Waals surface area (Å²) in [6.07, 6.45) is 15.4. The van der Waals surface area contributed by atoms with E-state index in [0.717, 1.165) is 5.70 Å². The number of hydrogen-bond acceptors (Lipinski definition) is 7. The standard InChI is InChI=1S/C23H22N4O3/c1-23(2)21(20(14-26)22(30-23)17(12-24)13-25)10-5-3-4-8-18-9-6-7-11-27(18)15-19(29)16-28/h3-11,19,28-29H,15-16H2,1-2H3/b4-3+,10-5+,18-8+. The fourth-order valence-electron chi connectivity index (χ4n) is 2.94. The molecule has 0 amide bonds. The van der Waals surface area contributed by atoms with Gasteiger partial charge in [0.15, 0.2) is 11.3 Å². The highest BCUT2D eigenvalue weighted by atomic mass is 16.5. The third kappa shape index (κ3) is 5.16. The van der Waals surface area contributed by atoms with Crippen molar-refractivity contribution < 1.29 is 14.9 Å². The van der Waals surface area contributed by atoms with Crippen molar-refractivity contribution in [2.24, 2.45) is 0 Å². The van der Waals surface area contributed by atoms with Crippen LogP contribution in [0, 0.1) is 34.0 Å². The Balaban J connectivity index is 2.24. The summed E-state index contributed by atoms with van der Waals surface area (Å²) in [5.74, 6) is 0.00969. The molecular formula is C23H22N4O3. The second kappa shape index (κ2) is 10.1. The summed E-state index contributed by atoms with van der Waals surface area (Å²) in [4.78, 5) is 1.82. The minimum Gasteiger partial charge on any atom is -0.480 e. The van der Waals surface area contributed by atoms with Crippen LogP contribution in [0.4, 0.5) is 0 Å². The number of nitrogens with zero attached hydrogens (tertiary/aromatic N) is 4. The van der Waals surface area contributed by atoms with Crippen LogP contribution in [0.3, 0.4) is 0 Å². The Morgan fingerprint density at radius 2 is 1.93 bits per heavy atom. The number of allylic oxidation sites excluding steroid dienone is 9. The highest BCUT2D eigenvalue weighted by Crippen LogP contribution is 2.40. The first-order chi connectivity index (χ1) is 14.4. The molecule has 2 N–H and O–H groups in total. The van der Waals surface area contributed by atoms with Gasteiger partial charge in [-0.1, -0.05) is 30.4 Å². The molecule has 0 aromatic heterocycles. The van der Waals surface area contributed by atoms with Crippen molar-refractivity contribution >= 4 is 0 Å². The maximum atomic E-state index is 9.66. The molecule has 0 fully saturated rings. The van der Waals surface area contributed by atoms with Gasteiger partial charge in [0.2, 0.25) is 0 Å². The van der Waals surface area contributed by atoms with Gasteiger partial charge in [-0.15, -0.1) is 0 Å². The SMILES string of the molecule is CC1(C)OC(=C(C#N)C#N)C(C#N)=C1/C=C/C=C/C=C1\C=CC=CN1CC(O)CO. The van der Waals surface area contributed by atoms with Crippen LogP contribution in [-0.4, -0.2) is 40.0 Å². The van der Waals surface area contributed by atoms with Crippen LogP contribution in [-0.2, 0) is 4.74 Å². The zero-order chi connectivity index (χ0) is 22.1. The van der Waals surface area contributed by atoms with Crippen molar-refractivity contribution in [1.82, 2.24) is 4.90 Å². The molecular weight excluding hydrogens is 380 g/mol. The van der Waals surface area contributed by atoms with E-state index in [9.17, 15) is 10.4 Å². The zero-order valence-corrected chi connectivity index (χ0v) is 16.8. The van der Waals surface area contributed by atoms with Crippen LogP contribution in [0.15, 0.2) is 83.0 Å². The van der Waals surface area contributed by atoms with E-state index in [1.807, 2.05) is 41.5 Å². The third-order valence-electron chi connectivity index (χ3n) is 4.41. The lowest BCUT2D eigenvalue weighted by Gasteiger charge is -2.25. The van der Waals surface area contributed by atoms with Crippen LogP contribution >= 0.6 is 0 Å². The molecule has 2 rings (SSSR count). The molecule has 0 radical (unpaired) electrons. The Labute approximate surface area is 176 Å².